The summed E-state index contributed by atoms with van der Waals surface area (Å²) in [5.74, 6) is -0.300. The van der Waals surface area contributed by atoms with Gasteiger partial charge in [0.15, 0.2) is 0 Å². The van der Waals surface area contributed by atoms with E-state index >= 15 is 0 Å². The van der Waals surface area contributed by atoms with Gasteiger partial charge in [-0.15, -0.1) is 10.2 Å². The Balaban J connectivity index is 1.84. The average molecular weight is 368 g/mol. The van der Waals surface area contributed by atoms with Crippen molar-refractivity contribution in [1.29, 1.82) is 0 Å². The number of aryl methyl sites for hydroxylation is 1. The second kappa shape index (κ2) is 7.06. The highest BCUT2D eigenvalue weighted by Crippen LogP contribution is 2.36. The summed E-state index contributed by atoms with van der Waals surface area (Å²) in [5.41, 5.74) is -0.213. The van der Waals surface area contributed by atoms with Gasteiger partial charge in [-0.05, 0) is 38.0 Å². The van der Waals surface area contributed by atoms with E-state index in [-0.39, 0.29) is 23.2 Å². The first-order valence-electron chi connectivity index (χ1n) is 8.32. The fourth-order valence-electron chi connectivity index (χ4n) is 3.07. The summed E-state index contributed by atoms with van der Waals surface area (Å²) in [6.07, 6.45) is -1.54. The van der Waals surface area contributed by atoms with Gasteiger partial charge in [-0.2, -0.15) is 13.2 Å². The van der Waals surface area contributed by atoms with Gasteiger partial charge in [0.2, 0.25) is 5.95 Å². The van der Waals surface area contributed by atoms with Gasteiger partial charge in [-0.1, -0.05) is 12.8 Å². The minimum Gasteiger partial charge on any atom is -0.507 e. The summed E-state index contributed by atoms with van der Waals surface area (Å²) in [6, 6.07) is 2.52. The Morgan fingerprint density at radius 1 is 1.15 bits per heavy atom. The topological polar surface area (TPSA) is 91.2 Å². The molecule has 0 unspecified atom stereocenters. The second-order valence-corrected chi connectivity index (χ2v) is 6.40. The Kier molecular flexibility index (Phi) is 4.99. The molecule has 2 atom stereocenters. The minimum atomic E-state index is -4.54. The molecule has 1 fully saturated rings. The molecule has 3 rings (SSSR count). The molecule has 1 aliphatic carbocycles. The number of anilines is 1. The molecular weight excluding hydrogens is 349 g/mol. The number of rotatable bonds is 3. The molecule has 6 nitrogen and oxygen atoms in total. The highest BCUT2D eigenvalue weighted by atomic mass is 19.4. The Morgan fingerprint density at radius 2 is 1.88 bits per heavy atom. The standard InChI is InChI=1S/C17H19F3N4O2/c1-9-15(11-7-6-10(8-14(11)26)17(18,19)20)23-24-16(21-9)22-12-4-2-3-5-13(12)25/h6-8,12-13,25-26H,2-5H2,1H3,(H,21,22,24)/t12-,13+/m1/s1. The van der Waals surface area contributed by atoms with Crippen LogP contribution in [0.3, 0.4) is 0 Å². The lowest BCUT2D eigenvalue weighted by atomic mass is 9.93. The van der Waals surface area contributed by atoms with E-state index in [1.165, 1.54) is 0 Å². The molecule has 140 valence electrons. The quantitative estimate of drug-likeness (QED) is 0.770. The minimum absolute atomic E-state index is 0.125. The zero-order chi connectivity index (χ0) is 18.9. The third kappa shape index (κ3) is 3.87. The van der Waals surface area contributed by atoms with Gasteiger partial charge in [-0.3, -0.25) is 0 Å². The van der Waals surface area contributed by atoms with Gasteiger partial charge in [0.05, 0.1) is 23.4 Å². The molecule has 0 bridgehead atoms. The normalized spacial score (nSPS) is 20.8. The Hall–Kier alpha value is -2.42. The van der Waals surface area contributed by atoms with E-state index in [9.17, 15) is 23.4 Å². The van der Waals surface area contributed by atoms with Gasteiger partial charge in [0.1, 0.15) is 11.4 Å². The molecule has 1 aliphatic rings. The number of hydrogen-bond donors (Lipinski definition) is 3. The van der Waals surface area contributed by atoms with Crippen molar-refractivity contribution in [2.45, 2.75) is 50.9 Å². The van der Waals surface area contributed by atoms with Crippen LogP contribution in [-0.4, -0.2) is 37.5 Å². The first kappa shape index (κ1) is 18.4. The number of alkyl halides is 3. The molecule has 0 amide bonds. The van der Waals surface area contributed by atoms with Crippen molar-refractivity contribution in [3.8, 4) is 17.0 Å². The van der Waals surface area contributed by atoms with E-state index < -0.39 is 23.6 Å². The van der Waals surface area contributed by atoms with Crippen LogP contribution >= 0.6 is 0 Å². The first-order valence-corrected chi connectivity index (χ1v) is 8.32. The maximum Gasteiger partial charge on any atom is 0.416 e. The number of hydrogen-bond acceptors (Lipinski definition) is 6. The molecule has 26 heavy (non-hydrogen) atoms. The van der Waals surface area contributed by atoms with E-state index in [0.717, 1.165) is 31.4 Å². The van der Waals surface area contributed by atoms with E-state index in [1.807, 2.05) is 0 Å². The molecular formula is C17H19F3N4O2. The van der Waals surface area contributed by atoms with Crippen LogP contribution in [-0.2, 0) is 6.18 Å². The molecule has 0 spiro atoms. The average Bonchev–Trinajstić information content (AvgIpc) is 2.57. The van der Waals surface area contributed by atoms with E-state index in [2.05, 4.69) is 20.5 Å². The fraction of sp³-hybridized carbons (Fsp3) is 0.471. The number of aromatic hydroxyl groups is 1. The third-order valence-electron chi connectivity index (χ3n) is 4.49. The van der Waals surface area contributed by atoms with Crippen molar-refractivity contribution in [1.82, 2.24) is 15.2 Å². The maximum absolute atomic E-state index is 12.7. The monoisotopic (exact) mass is 368 g/mol. The van der Waals surface area contributed by atoms with Crippen molar-refractivity contribution in [2.24, 2.45) is 0 Å². The third-order valence-corrected chi connectivity index (χ3v) is 4.49. The van der Waals surface area contributed by atoms with Crippen LogP contribution in [0.4, 0.5) is 19.1 Å². The largest absolute Gasteiger partial charge is 0.507 e. The van der Waals surface area contributed by atoms with Crippen LogP contribution in [0.5, 0.6) is 5.75 Å². The van der Waals surface area contributed by atoms with Gasteiger partial charge < -0.3 is 15.5 Å². The molecule has 1 aromatic carbocycles. The predicted molar refractivity (Wildman–Crippen MR) is 88.6 cm³/mol. The summed E-state index contributed by atoms with van der Waals surface area (Å²) < 4.78 is 38.1. The molecule has 0 aliphatic heterocycles. The number of halogens is 3. The van der Waals surface area contributed by atoms with Gasteiger partial charge in [0.25, 0.3) is 0 Å². The number of benzene rings is 1. The predicted octanol–water partition coefficient (Wildman–Crippen LogP) is 3.29. The smallest absolute Gasteiger partial charge is 0.416 e. The zero-order valence-electron chi connectivity index (χ0n) is 14.1. The molecule has 0 saturated heterocycles. The lowest BCUT2D eigenvalue weighted by molar-refractivity contribution is -0.137. The molecule has 1 saturated carbocycles. The fourth-order valence-corrected chi connectivity index (χ4v) is 3.07. The molecule has 9 heteroatoms. The number of aromatic nitrogens is 3. The number of aliphatic hydroxyl groups is 1. The summed E-state index contributed by atoms with van der Waals surface area (Å²) in [6.45, 7) is 1.63. The Labute approximate surface area is 148 Å². The lowest BCUT2D eigenvalue weighted by Crippen LogP contribution is -2.37. The second-order valence-electron chi connectivity index (χ2n) is 6.40. The summed E-state index contributed by atoms with van der Waals surface area (Å²) in [5, 5.41) is 30.9. The molecule has 0 radical (unpaired) electrons. The van der Waals surface area contributed by atoms with Crippen LogP contribution in [0, 0.1) is 6.92 Å². The summed E-state index contributed by atoms with van der Waals surface area (Å²) in [7, 11) is 0. The highest BCUT2D eigenvalue weighted by Gasteiger charge is 2.31. The van der Waals surface area contributed by atoms with Crippen molar-refractivity contribution in [3.05, 3.63) is 29.5 Å². The molecule has 3 N–H and O–H groups in total. The van der Waals surface area contributed by atoms with Crippen LogP contribution in [0.15, 0.2) is 18.2 Å². The number of nitrogens with one attached hydrogen (secondary N) is 1. The van der Waals surface area contributed by atoms with Gasteiger partial charge in [-0.25, -0.2) is 4.98 Å². The summed E-state index contributed by atoms with van der Waals surface area (Å²) in [4.78, 5) is 4.26. The van der Waals surface area contributed by atoms with Crippen LogP contribution in [0.2, 0.25) is 0 Å². The molecule has 1 heterocycles. The van der Waals surface area contributed by atoms with Gasteiger partial charge >= 0.3 is 6.18 Å². The number of phenols is 1. The lowest BCUT2D eigenvalue weighted by Gasteiger charge is -2.28. The van der Waals surface area contributed by atoms with Crippen molar-refractivity contribution in [2.75, 3.05) is 5.32 Å². The zero-order valence-corrected chi connectivity index (χ0v) is 14.1. The number of nitrogens with zero attached hydrogens (tertiary/aromatic N) is 3. The van der Waals surface area contributed by atoms with Gasteiger partial charge in [0, 0.05) is 5.56 Å². The van der Waals surface area contributed by atoms with E-state index in [1.54, 1.807) is 6.92 Å². The number of phenolic OH excluding ortho intramolecular Hbond substituents is 1. The number of aliphatic hydroxyl groups excluding tert-OH is 1. The van der Waals surface area contributed by atoms with Crippen molar-refractivity contribution >= 4 is 5.95 Å². The van der Waals surface area contributed by atoms with Crippen LogP contribution in [0.1, 0.15) is 36.9 Å². The molecule has 2 aromatic rings. The van der Waals surface area contributed by atoms with E-state index in [4.69, 9.17) is 0 Å². The van der Waals surface area contributed by atoms with Crippen LogP contribution < -0.4 is 5.32 Å². The maximum atomic E-state index is 12.7. The van der Waals surface area contributed by atoms with Crippen LogP contribution in [0.25, 0.3) is 11.3 Å². The van der Waals surface area contributed by atoms with Crippen molar-refractivity contribution < 1.29 is 23.4 Å². The van der Waals surface area contributed by atoms with Crippen molar-refractivity contribution in [3.63, 3.8) is 0 Å². The SMILES string of the molecule is Cc1nc(N[C@@H]2CCCC[C@@H]2O)nnc1-c1ccc(C(F)(F)F)cc1O. The highest BCUT2D eigenvalue weighted by molar-refractivity contribution is 5.69. The van der Waals surface area contributed by atoms with E-state index in [0.29, 0.717) is 18.2 Å². The molecule has 1 aromatic heterocycles. The Bertz CT molecular complexity index is 798. The first-order chi connectivity index (χ1) is 12.3. The summed E-state index contributed by atoms with van der Waals surface area (Å²) >= 11 is 0. The Morgan fingerprint density at radius 3 is 2.50 bits per heavy atom.